The Bertz CT molecular complexity index is 1320. The number of phenols is 1. The summed E-state index contributed by atoms with van der Waals surface area (Å²) in [7, 11) is 1.63. The van der Waals surface area contributed by atoms with E-state index in [-0.39, 0.29) is 17.3 Å². The van der Waals surface area contributed by atoms with Crippen LogP contribution in [0, 0.1) is 18.8 Å². The minimum Gasteiger partial charge on any atom is -0.504 e. The van der Waals surface area contributed by atoms with Gasteiger partial charge in [-0.15, -0.1) is 0 Å². The molecule has 0 amide bonds. The molecule has 2 N–H and O–H groups in total. The van der Waals surface area contributed by atoms with E-state index in [9.17, 15) is 5.11 Å². The standard InChI is InChI=1S/C29H35NO3/c1-15(2)18-9-8-16(3)12-20(18)24-26-22(14-23(32-7)27(24)31)21-13-17(4)28-19(25(21)30-26)10-11-29(5,6)33-28/h10-15,18,20,30-31H,8-9H2,1-7H3/t18-,20+/m0/s1. The number of aromatic nitrogens is 1. The fraction of sp³-hybridized carbons (Fsp3) is 0.448. The van der Waals surface area contributed by atoms with Gasteiger partial charge in [-0.1, -0.05) is 25.5 Å². The van der Waals surface area contributed by atoms with E-state index < -0.39 is 0 Å². The molecule has 3 aromatic rings. The number of rotatable bonds is 3. The zero-order valence-corrected chi connectivity index (χ0v) is 20.8. The average Bonchev–Trinajstić information content (AvgIpc) is 3.10. The predicted molar refractivity (Wildman–Crippen MR) is 137 cm³/mol. The molecule has 0 saturated heterocycles. The van der Waals surface area contributed by atoms with Gasteiger partial charge < -0.3 is 19.6 Å². The lowest BCUT2D eigenvalue weighted by atomic mass is 9.71. The lowest BCUT2D eigenvalue weighted by Crippen LogP contribution is -2.28. The van der Waals surface area contributed by atoms with Gasteiger partial charge in [0.2, 0.25) is 0 Å². The van der Waals surface area contributed by atoms with E-state index in [0.29, 0.717) is 17.6 Å². The van der Waals surface area contributed by atoms with Crippen LogP contribution in [0.4, 0.5) is 0 Å². The first kappa shape index (κ1) is 21.9. The first-order valence-corrected chi connectivity index (χ1v) is 12.1. The number of hydrogen-bond donors (Lipinski definition) is 2. The summed E-state index contributed by atoms with van der Waals surface area (Å²) in [6, 6.07) is 4.17. The van der Waals surface area contributed by atoms with Crippen molar-refractivity contribution in [3.05, 3.63) is 46.5 Å². The highest BCUT2D eigenvalue weighted by molar-refractivity contribution is 6.13. The first-order valence-electron chi connectivity index (χ1n) is 12.1. The van der Waals surface area contributed by atoms with Crippen LogP contribution in [0.3, 0.4) is 0 Å². The molecule has 2 atom stereocenters. The third-order valence-corrected chi connectivity index (χ3v) is 7.57. The Kier molecular flexibility index (Phi) is 5.04. The number of allylic oxidation sites excluding steroid dienone is 2. The van der Waals surface area contributed by atoms with Crippen LogP contribution in [-0.4, -0.2) is 22.8 Å². The fourth-order valence-electron chi connectivity index (χ4n) is 5.80. The molecule has 2 aromatic carbocycles. The zero-order valence-electron chi connectivity index (χ0n) is 20.8. The second-order valence-electron chi connectivity index (χ2n) is 10.8. The lowest BCUT2D eigenvalue weighted by molar-refractivity contribution is 0.158. The number of fused-ring (bicyclic) bond motifs is 5. The lowest BCUT2D eigenvalue weighted by Gasteiger charge is -2.33. The molecule has 33 heavy (non-hydrogen) atoms. The molecule has 5 rings (SSSR count). The van der Waals surface area contributed by atoms with E-state index in [2.05, 4.69) is 70.8 Å². The summed E-state index contributed by atoms with van der Waals surface area (Å²) < 4.78 is 12.0. The Morgan fingerprint density at radius 2 is 1.88 bits per heavy atom. The Morgan fingerprint density at radius 1 is 1.15 bits per heavy atom. The number of ether oxygens (including phenoxy) is 2. The Balaban J connectivity index is 1.86. The van der Waals surface area contributed by atoms with E-state index >= 15 is 0 Å². The third-order valence-electron chi connectivity index (χ3n) is 7.57. The van der Waals surface area contributed by atoms with E-state index in [1.54, 1.807) is 7.11 Å². The summed E-state index contributed by atoms with van der Waals surface area (Å²) >= 11 is 0. The van der Waals surface area contributed by atoms with Crippen LogP contribution < -0.4 is 9.47 Å². The van der Waals surface area contributed by atoms with E-state index in [1.165, 1.54) is 5.57 Å². The smallest absolute Gasteiger partial charge is 0.163 e. The summed E-state index contributed by atoms with van der Waals surface area (Å²) in [5, 5.41) is 13.6. The predicted octanol–water partition coefficient (Wildman–Crippen LogP) is 7.62. The van der Waals surface area contributed by atoms with Gasteiger partial charge in [-0.25, -0.2) is 0 Å². The largest absolute Gasteiger partial charge is 0.504 e. The van der Waals surface area contributed by atoms with Crippen LogP contribution >= 0.6 is 0 Å². The zero-order chi connectivity index (χ0) is 23.7. The number of nitrogens with one attached hydrogen (secondary N) is 1. The highest BCUT2D eigenvalue weighted by Crippen LogP contribution is 2.51. The molecule has 4 nitrogen and oxygen atoms in total. The maximum Gasteiger partial charge on any atom is 0.163 e. The van der Waals surface area contributed by atoms with Crippen molar-refractivity contribution in [3.8, 4) is 17.2 Å². The van der Waals surface area contributed by atoms with Crippen molar-refractivity contribution in [2.24, 2.45) is 11.8 Å². The molecule has 0 radical (unpaired) electrons. The van der Waals surface area contributed by atoms with Crippen LogP contribution in [0.1, 0.15) is 70.1 Å². The van der Waals surface area contributed by atoms with Crippen molar-refractivity contribution < 1.29 is 14.6 Å². The van der Waals surface area contributed by atoms with Crippen molar-refractivity contribution in [2.45, 2.75) is 65.9 Å². The summed E-state index contributed by atoms with van der Waals surface area (Å²) in [6.07, 6.45) is 8.89. The number of phenolic OH excluding ortho intramolecular Hbond substituents is 1. The normalized spacial score (nSPS) is 21.9. The van der Waals surface area contributed by atoms with Gasteiger partial charge >= 0.3 is 0 Å². The second-order valence-corrected chi connectivity index (χ2v) is 10.8. The number of aryl methyl sites for hydroxylation is 1. The number of hydrogen-bond acceptors (Lipinski definition) is 3. The van der Waals surface area contributed by atoms with Gasteiger partial charge in [-0.2, -0.15) is 0 Å². The molecule has 0 bridgehead atoms. The summed E-state index contributed by atoms with van der Waals surface area (Å²) in [6.45, 7) is 13.0. The van der Waals surface area contributed by atoms with Crippen LogP contribution in [0.5, 0.6) is 17.2 Å². The van der Waals surface area contributed by atoms with E-state index in [0.717, 1.165) is 57.1 Å². The number of benzene rings is 2. The third kappa shape index (κ3) is 3.42. The van der Waals surface area contributed by atoms with Crippen LogP contribution in [-0.2, 0) is 0 Å². The number of methoxy groups -OCH3 is 1. The van der Waals surface area contributed by atoms with Gasteiger partial charge in [-0.05, 0) is 82.2 Å². The SMILES string of the molecule is COc1cc2c([nH]c3c4c(c(C)cc32)OC(C)(C)C=C4)c([C@@H]2C=C(C)CC[C@H]2C(C)C)c1O. The molecular formula is C29H35NO3. The minimum absolute atomic E-state index is 0.132. The molecule has 0 spiro atoms. The molecule has 0 unspecified atom stereocenters. The average molecular weight is 446 g/mol. The maximum atomic E-state index is 11.4. The van der Waals surface area contributed by atoms with Gasteiger partial charge in [0, 0.05) is 27.8 Å². The Hall–Kier alpha value is -2.88. The molecule has 4 heteroatoms. The van der Waals surface area contributed by atoms with Crippen molar-refractivity contribution >= 4 is 27.9 Å². The molecule has 1 aliphatic heterocycles. The van der Waals surface area contributed by atoms with Crippen molar-refractivity contribution in [1.29, 1.82) is 0 Å². The van der Waals surface area contributed by atoms with Gasteiger partial charge in [0.1, 0.15) is 11.4 Å². The Labute approximate surface area is 196 Å². The van der Waals surface area contributed by atoms with Crippen LogP contribution in [0.15, 0.2) is 29.9 Å². The second kappa shape index (κ2) is 7.58. The molecule has 2 aliphatic rings. The number of aromatic hydroxyl groups is 1. The summed E-state index contributed by atoms with van der Waals surface area (Å²) in [4.78, 5) is 3.72. The van der Waals surface area contributed by atoms with Crippen molar-refractivity contribution in [2.75, 3.05) is 7.11 Å². The maximum absolute atomic E-state index is 11.4. The van der Waals surface area contributed by atoms with Crippen molar-refractivity contribution in [1.82, 2.24) is 4.98 Å². The molecule has 1 aliphatic carbocycles. The van der Waals surface area contributed by atoms with Crippen LogP contribution in [0.2, 0.25) is 0 Å². The highest BCUT2D eigenvalue weighted by Gasteiger charge is 2.33. The van der Waals surface area contributed by atoms with Crippen molar-refractivity contribution in [3.63, 3.8) is 0 Å². The topological polar surface area (TPSA) is 54.5 Å². The molecule has 174 valence electrons. The molecule has 1 aromatic heterocycles. The van der Waals surface area contributed by atoms with E-state index in [1.807, 2.05) is 6.07 Å². The Morgan fingerprint density at radius 3 is 2.58 bits per heavy atom. The monoisotopic (exact) mass is 445 g/mol. The molecule has 2 heterocycles. The quantitative estimate of drug-likeness (QED) is 0.408. The van der Waals surface area contributed by atoms with Gasteiger partial charge in [0.25, 0.3) is 0 Å². The van der Waals surface area contributed by atoms with E-state index in [4.69, 9.17) is 9.47 Å². The molecular weight excluding hydrogens is 410 g/mol. The fourth-order valence-corrected chi connectivity index (χ4v) is 5.80. The molecule has 0 fully saturated rings. The number of aromatic amines is 1. The highest BCUT2D eigenvalue weighted by atomic mass is 16.5. The van der Waals surface area contributed by atoms with Crippen LogP contribution in [0.25, 0.3) is 27.9 Å². The number of H-pyrrole nitrogens is 1. The van der Waals surface area contributed by atoms with Gasteiger partial charge in [-0.3, -0.25) is 0 Å². The first-order chi connectivity index (χ1) is 15.6. The summed E-state index contributed by atoms with van der Waals surface area (Å²) in [5.41, 5.74) is 6.22. The summed E-state index contributed by atoms with van der Waals surface area (Å²) in [5.74, 6) is 2.80. The van der Waals surface area contributed by atoms with Gasteiger partial charge in [0.15, 0.2) is 11.5 Å². The van der Waals surface area contributed by atoms with Gasteiger partial charge in [0.05, 0.1) is 18.1 Å². The molecule has 0 saturated carbocycles. The minimum atomic E-state index is -0.334.